The second kappa shape index (κ2) is 12.2. The van der Waals surface area contributed by atoms with Gasteiger partial charge in [0.25, 0.3) is 12.6 Å². The number of rotatable bonds is 9. The summed E-state index contributed by atoms with van der Waals surface area (Å²) in [6, 6.07) is 9.14. The Morgan fingerprint density at radius 2 is 1.92 bits per heavy atom. The van der Waals surface area contributed by atoms with Crippen LogP contribution in [0.4, 0.5) is 4.79 Å². The van der Waals surface area contributed by atoms with Gasteiger partial charge in [-0.05, 0) is 43.7 Å². The maximum Gasteiger partial charge on any atom is 0.415 e. The number of hydrogen-bond donors (Lipinski definition) is 2. The van der Waals surface area contributed by atoms with E-state index in [1.165, 1.54) is 22.7 Å². The summed E-state index contributed by atoms with van der Waals surface area (Å²) >= 11 is 6.45. The molecule has 2 N–H and O–H groups in total. The van der Waals surface area contributed by atoms with Gasteiger partial charge in [-0.2, -0.15) is 4.57 Å². The zero-order valence-electron chi connectivity index (χ0n) is 21.3. The number of ether oxygens (including phenoxy) is 1. The maximum absolute atomic E-state index is 13.2. The Labute approximate surface area is 221 Å². The maximum atomic E-state index is 13.2. The summed E-state index contributed by atoms with van der Waals surface area (Å²) in [5.74, 6) is -1.65. The van der Waals surface area contributed by atoms with E-state index < -0.39 is 29.6 Å². The first-order valence-corrected chi connectivity index (χ1v) is 12.7. The van der Waals surface area contributed by atoms with Gasteiger partial charge in [0, 0.05) is 30.1 Å². The number of ketones is 1. The molecule has 3 rings (SSSR count). The molecule has 2 aromatic rings. The lowest BCUT2D eigenvalue weighted by molar-refractivity contribution is -0.727. The number of halogens is 1. The molecule has 9 nitrogen and oxygen atoms in total. The molecule has 2 atom stereocenters. The zero-order valence-corrected chi connectivity index (χ0v) is 22.0. The van der Waals surface area contributed by atoms with Crippen LogP contribution >= 0.6 is 11.6 Å². The van der Waals surface area contributed by atoms with Crippen molar-refractivity contribution in [2.75, 3.05) is 7.05 Å². The number of nitrogens with one attached hydrogen (secondary N) is 1. The van der Waals surface area contributed by atoms with Crippen LogP contribution in [0.1, 0.15) is 61.9 Å². The number of carbonyl (C=O) groups is 4. The quantitative estimate of drug-likeness (QED) is 0.475. The highest BCUT2D eigenvalue weighted by atomic mass is 35.5. The van der Waals surface area contributed by atoms with Gasteiger partial charge in [0.05, 0.1) is 0 Å². The molecule has 2 amide bonds. The Morgan fingerprint density at radius 1 is 1.19 bits per heavy atom. The first-order chi connectivity index (χ1) is 17.6. The van der Waals surface area contributed by atoms with Gasteiger partial charge in [-0.25, -0.2) is 9.59 Å². The van der Waals surface area contributed by atoms with Crippen LogP contribution in [0.5, 0.6) is 0 Å². The Morgan fingerprint density at radius 3 is 2.57 bits per heavy atom. The van der Waals surface area contributed by atoms with Crippen molar-refractivity contribution in [2.24, 2.45) is 5.92 Å². The molecule has 1 fully saturated rings. The first-order valence-electron chi connectivity index (χ1n) is 12.3. The van der Waals surface area contributed by atoms with Crippen molar-refractivity contribution in [2.45, 2.75) is 64.3 Å². The summed E-state index contributed by atoms with van der Waals surface area (Å²) in [6.07, 6.45) is 4.94. The molecule has 0 spiro atoms. The fraction of sp³-hybridized carbons (Fsp3) is 0.444. The number of amides is 2. The number of likely N-dealkylation sites (N-methyl/N-ethyl adjacent to an activating group) is 1. The number of nitrogens with zero attached hydrogens (tertiary/aromatic N) is 2. The van der Waals surface area contributed by atoms with Gasteiger partial charge in [0.2, 0.25) is 0 Å². The number of carbonyl (C=O) groups excluding carboxylic acids is 3. The summed E-state index contributed by atoms with van der Waals surface area (Å²) in [4.78, 5) is 51.8. The minimum atomic E-state index is -1.22. The lowest BCUT2D eigenvalue weighted by atomic mass is 9.74. The minimum absolute atomic E-state index is 0.0867. The molecule has 0 aliphatic heterocycles. The molecular weight excluding hydrogens is 498 g/mol. The predicted molar refractivity (Wildman–Crippen MR) is 136 cm³/mol. The van der Waals surface area contributed by atoms with Crippen molar-refractivity contribution in [3.8, 4) is 0 Å². The second-order valence-electron chi connectivity index (χ2n) is 9.67. The average molecular weight is 531 g/mol. The molecule has 1 aliphatic carbocycles. The SMILES string of the molecule is CC(C)C[C@H](NC(=O)c1ccc[n+](COC(=O)N(C)C2(c3ccccc3Cl)CCCCC2=O)c1)C(=O)O. The Balaban J connectivity index is 1.74. The molecular formula is C27H33ClN3O6+. The van der Waals surface area contributed by atoms with Crippen LogP contribution in [0.25, 0.3) is 0 Å². The van der Waals surface area contributed by atoms with Crippen LogP contribution in [-0.2, 0) is 26.6 Å². The minimum Gasteiger partial charge on any atom is -0.480 e. The predicted octanol–water partition coefficient (Wildman–Crippen LogP) is 3.92. The van der Waals surface area contributed by atoms with Crippen LogP contribution in [0, 0.1) is 5.92 Å². The number of benzene rings is 1. The summed E-state index contributed by atoms with van der Waals surface area (Å²) in [7, 11) is 1.53. The van der Waals surface area contributed by atoms with Crippen LogP contribution in [0.2, 0.25) is 5.02 Å². The molecule has 0 bridgehead atoms. The molecule has 1 saturated carbocycles. The second-order valence-corrected chi connectivity index (χ2v) is 10.1. The molecule has 1 aromatic heterocycles. The van der Waals surface area contributed by atoms with E-state index in [0.29, 0.717) is 29.8 Å². The highest BCUT2D eigenvalue weighted by Gasteiger charge is 2.48. The molecule has 198 valence electrons. The summed E-state index contributed by atoms with van der Waals surface area (Å²) < 4.78 is 7.00. The topological polar surface area (TPSA) is 117 Å². The van der Waals surface area contributed by atoms with E-state index in [1.807, 2.05) is 13.8 Å². The number of aromatic nitrogens is 1. The molecule has 0 radical (unpaired) electrons. The Hall–Kier alpha value is -3.46. The molecule has 1 unspecified atom stereocenters. The molecule has 1 heterocycles. The third-order valence-electron chi connectivity index (χ3n) is 6.59. The van der Waals surface area contributed by atoms with Crippen molar-refractivity contribution in [1.82, 2.24) is 10.2 Å². The van der Waals surface area contributed by atoms with Gasteiger partial charge < -0.3 is 15.2 Å². The number of pyridine rings is 1. The van der Waals surface area contributed by atoms with Crippen LogP contribution in [0.3, 0.4) is 0 Å². The normalized spacial score (nSPS) is 18.2. The van der Waals surface area contributed by atoms with Crippen molar-refractivity contribution in [1.29, 1.82) is 0 Å². The van der Waals surface area contributed by atoms with E-state index in [4.69, 9.17) is 16.3 Å². The molecule has 1 aromatic carbocycles. The van der Waals surface area contributed by atoms with E-state index in [0.717, 1.165) is 12.8 Å². The number of carboxylic acids is 1. The van der Waals surface area contributed by atoms with Crippen molar-refractivity contribution in [3.63, 3.8) is 0 Å². The smallest absolute Gasteiger partial charge is 0.415 e. The average Bonchev–Trinajstić information content (AvgIpc) is 2.87. The van der Waals surface area contributed by atoms with Crippen molar-refractivity contribution >= 4 is 35.4 Å². The summed E-state index contributed by atoms with van der Waals surface area (Å²) in [5, 5.41) is 12.3. The van der Waals surface area contributed by atoms with Gasteiger partial charge in [0.1, 0.15) is 17.1 Å². The number of Topliss-reactive ketones (excluding diaryl/α,β-unsaturated/α-hetero) is 1. The van der Waals surface area contributed by atoms with E-state index >= 15 is 0 Å². The molecule has 1 aliphatic rings. The van der Waals surface area contributed by atoms with E-state index in [9.17, 15) is 24.3 Å². The van der Waals surface area contributed by atoms with Crippen LogP contribution in [-0.4, -0.2) is 46.8 Å². The van der Waals surface area contributed by atoms with E-state index in [1.54, 1.807) is 42.6 Å². The Kier molecular flexibility index (Phi) is 9.26. The Bertz CT molecular complexity index is 1170. The first kappa shape index (κ1) is 28.1. The van der Waals surface area contributed by atoms with Gasteiger partial charge in [0.15, 0.2) is 18.2 Å². The van der Waals surface area contributed by atoms with E-state index in [2.05, 4.69) is 5.32 Å². The van der Waals surface area contributed by atoms with Crippen molar-refractivity contribution in [3.05, 3.63) is 64.9 Å². The third-order valence-corrected chi connectivity index (χ3v) is 6.92. The highest BCUT2D eigenvalue weighted by molar-refractivity contribution is 6.31. The highest BCUT2D eigenvalue weighted by Crippen LogP contribution is 2.42. The van der Waals surface area contributed by atoms with Gasteiger partial charge in [-0.1, -0.05) is 43.6 Å². The lowest BCUT2D eigenvalue weighted by Gasteiger charge is -2.43. The lowest BCUT2D eigenvalue weighted by Crippen LogP contribution is -2.55. The monoisotopic (exact) mass is 530 g/mol. The van der Waals surface area contributed by atoms with Gasteiger partial charge in [-0.3, -0.25) is 14.5 Å². The van der Waals surface area contributed by atoms with Crippen molar-refractivity contribution < 1.29 is 33.6 Å². The molecule has 10 heteroatoms. The number of hydrogen-bond acceptors (Lipinski definition) is 5. The van der Waals surface area contributed by atoms with Crippen LogP contribution in [0.15, 0.2) is 48.8 Å². The molecule has 37 heavy (non-hydrogen) atoms. The number of carboxylic acid groups (broad SMARTS) is 1. The van der Waals surface area contributed by atoms with Crippen LogP contribution < -0.4 is 9.88 Å². The fourth-order valence-electron chi connectivity index (χ4n) is 4.68. The van der Waals surface area contributed by atoms with Gasteiger partial charge in [-0.15, -0.1) is 0 Å². The zero-order chi connectivity index (χ0) is 27.2. The van der Waals surface area contributed by atoms with E-state index in [-0.39, 0.29) is 24.0 Å². The third kappa shape index (κ3) is 6.46. The fourth-order valence-corrected chi connectivity index (χ4v) is 4.98. The number of aliphatic carboxylic acids is 1. The summed E-state index contributed by atoms with van der Waals surface area (Å²) in [6.45, 7) is 3.53. The summed E-state index contributed by atoms with van der Waals surface area (Å²) in [5.41, 5.74) is -0.430. The standard InChI is InChI=1S/C27H32ClN3O6/c1-18(2)15-22(25(34)35)29-24(33)19-9-8-14-31(16-19)17-37-26(36)30(3)27(13-7-6-12-23(27)32)20-10-4-5-11-21(20)28/h4-5,8-11,14,16,18,22H,6-7,12-13,15,17H2,1-3H3,(H-,29,33,34,35)/p+1/t22-,27?/m0/s1. The molecule has 0 saturated heterocycles. The van der Waals surface area contributed by atoms with Gasteiger partial charge >= 0.3 is 12.1 Å². The largest absolute Gasteiger partial charge is 0.480 e.